The molecule has 3 rings (SSSR count). The third-order valence-electron chi connectivity index (χ3n) is 4.13. The molecule has 3 heteroatoms. The Morgan fingerprint density at radius 2 is 1.60 bits per heavy atom. The van der Waals surface area contributed by atoms with Gasteiger partial charge in [-0.3, -0.25) is 0 Å². The highest BCUT2D eigenvalue weighted by molar-refractivity contribution is 5.65. The van der Waals surface area contributed by atoms with Gasteiger partial charge in [-0.05, 0) is 56.5 Å². The lowest BCUT2D eigenvalue weighted by molar-refractivity contribution is 0.429. The maximum absolute atomic E-state index is 4.81. The molecule has 0 aliphatic carbocycles. The zero-order valence-electron chi connectivity index (χ0n) is 12.6. The Hall–Kier alpha value is -1.74. The molecule has 0 atom stereocenters. The van der Waals surface area contributed by atoms with Crippen LogP contribution < -0.4 is 5.32 Å². The third-order valence-corrected chi connectivity index (χ3v) is 4.13. The fourth-order valence-electron chi connectivity index (χ4n) is 2.62. The van der Waals surface area contributed by atoms with Crippen LogP contribution in [0, 0.1) is 27.7 Å². The number of hydrogen-bond acceptors (Lipinski definition) is 3. The van der Waals surface area contributed by atoms with E-state index in [4.69, 9.17) is 4.98 Å². The lowest BCUT2D eigenvalue weighted by Gasteiger charge is -2.26. The van der Waals surface area contributed by atoms with Crippen molar-refractivity contribution in [3.05, 3.63) is 46.4 Å². The first-order valence-corrected chi connectivity index (χ1v) is 7.19. The van der Waals surface area contributed by atoms with Crippen molar-refractivity contribution in [2.75, 3.05) is 13.1 Å². The van der Waals surface area contributed by atoms with Crippen LogP contribution in [0.4, 0.5) is 0 Å². The summed E-state index contributed by atoms with van der Waals surface area (Å²) >= 11 is 0. The molecular weight excluding hydrogens is 246 g/mol. The van der Waals surface area contributed by atoms with Crippen molar-refractivity contribution in [3.63, 3.8) is 0 Å². The first kappa shape index (κ1) is 13.3. The van der Waals surface area contributed by atoms with Crippen molar-refractivity contribution in [2.45, 2.75) is 33.6 Å². The molecule has 1 N–H and O–H groups in total. The van der Waals surface area contributed by atoms with E-state index in [1.165, 1.54) is 22.3 Å². The summed E-state index contributed by atoms with van der Waals surface area (Å²) in [5, 5.41) is 3.29. The standard InChI is InChI=1S/C17H21N3/c1-10-5-12(3)15(6-11(10)2)16-7-13(4)19-17(20-16)14-8-18-9-14/h5-7,14,18H,8-9H2,1-4H3. The normalized spacial score (nSPS) is 15.2. The molecule has 1 aliphatic heterocycles. The molecule has 1 aliphatic rings. The van der Waals surface area contributed by atoms with E-state index >= 15 is 0 Å². The van der Waals surface area contributed by atoms with Crippen LogP contribution in [0.5, 0.6) is 0 Å². The average molecular weight is 267 g/mol. The summed E-state index contributed by atoms with van der Waals surface area (Å²) in [5.41, 5.74) is 7.26. The second-order valence-corrected chi connectivity index (χ2v) is 5.86. The van der Waals surface area contributed by atoms with Crippen LogP contribution >= 0.6 is 0 Å². The molecule has 2 aromatic rings. The first-order chi connectivity index (χ1) is 9.54. The molecule has 104 valence electrons. The predicted molar refractivity (Wildman–Crippen MR) is 82.0 cm³/mol. The Kier molecular flexibility index (Phi) is 3.30. The Bertz CT molecular complexity index is 658. The van der Waals surface area contributed by atoms with Gasteiger partial charge in [0.2, 0.25) is 0 Å². The molecule has 20 heavy (non-hydrogen) atoms. The summed E-state index contributed by atoms with van der Waals surface area (Å²) in [7, 11) is 0. The predicted octanol–water partition coefficient (Wildman–Crippen LogP) is 3.06. The van der Waals surface area contributed by atoms with Gasteiger partial charge in [0.05, 0.1) is 5.69 Å². The average Bonchev–Trinajstić information content (AvgIpc) is 2.31. The van der Waals surface area contributed by atoms with Crippen molar-refractivity contribution in [1.82, 2.24) is 15.3 Å². The van der Waals surface area contributed by atoms with E-state index in [0.717, 1.165) is 30.3 Å². The van der Waals surface area contributed by atoms with Gasteiger partial charge >= 0.3 is 0 Å². The van der Waals surface area contributed by atoms with E-state index in [1.807, 2.05) is 0 Å². The smallest absolute Gasteiger partial charge is 0.134 e. The second-order valence-electron chi connectivity index (χ2n) is 5.86. The number of nitrogens with one attached hydrogen (secondary N) is 1. The van der Waals surface area contributed by atoms with E-state index in [2.05, 4.69) is 56.2 Å². The van der Waals surface area contributed by atoms with E-state index in [-0.39, 0.29) is 0 Å². The van der Waals surface area contributed by atoms with E-state index in [1.54, 1.807) is 0 Å². The fraction of sp³-hybridized carbons (Fsp3) is 0.412. The minimum atomic E-state index is 0.473. The van der Waals surface area contributed by atoms with Gasteiger partial charge in [-0.25, -0.2) is 9.97 Å². The Morgan fingerprint density at radius 3 is 2.25 bits per heavy atom. The molecular formula is C17H21N3. The van der Waals surface area contributed by atoms with E-state index < -0.39 is 0 Å². The lowest BCUT2D eigenvalue weighted by Crippen LogP contribution is -2.41. The molecule has 1 aromatic carbocycles. The molecule has 0 unspecified atom stereocenters. The third kappa shape index (κ3) is 2.34. The number of aromatic nitrogens is 2. The van der Waals surface area contributed by atoms with Crippen molar-refractivity contribution in [2.24, 2.45) is 0 Å². The molecule has 1 fully saturated rings. The van der Waals surface area contributed by atoms with Gasteiger partial charge in [-0.15, -0.1) is 0 Å². The van der Waals surface area contributed by atoms with Crippen molar-refractivity contribution in [3.8, 4) is 11.3 Å². The number of rotatable bonds is 2. The first-order valence-electron chi connectivity index (χ1n) is 7.19. The summed E-state index contributed by atoms with van der Waals surface area (Å²) < 4.78 is 0. The molecule has 0 radical (unpaired) electrons. The van der Waals surface area contributed by atoms with Gasteiger partial charge in [0, 0.05) is 30.3 Å². The molecule has 0 spiro atoms. The summed E-state index contributed by atoms with van der Waals surface area (Å²) in [6.07, 6.45) is 0. The molecule has 1 aromatic heterocycles. The van der Waals surface area contributed by atoms with Crippen LogP contribution in [0.3, 0.4) is 0 Å². The van der Waals surface area contributed by atoms with Gasteiger partial charge in [0.15, 0.2) is 0 Å². The zero-order valence-corrected chi connectivity index (χ0v) is 12.6. The zero-order chi connectivity index (χ0) is 14.3. The van der Waals surface area contributed by atoms with Crippen molar-refractivity contribution < 1.29 is 0 Å². The van der Waals surface area contributed by atoms with Crippen LogP contribution in [-0.2, 0) is 0 Å². The summed E-state index contributed by atoms with van der Waals surface area (Å²) in [5.74, 6) is 1.46. The molecule has 0 amide bonds. The highest BCUT2D eigenvalue weighted by Gasteiger charge is 2.22. The summed E-state index contributed by atoms with van der Waals surface area (Å²) in [6, 6.07) is 6.58. The Labute approximate surface area is 120 Å². The van der Waals surface area contributed by atoms with Gasteiger partial charge in [-0.1, -0.05) is 6.07 Å². The van der Waals surface area contributed by atoms with Gasteiger partial charge in [-0.2, -0.15) is 0 Å². The van der Waals surface area contributed by atoms with Crippen LogP contribution in [0.25, 0.3) is 11.3 Å². The molecule has 1 saturated heterocycles. The minimum absolute atomic E-state index is 0.473. The second kappa shape index (κ2) is 4.98. The van der Waals surface area contributed by atoms with Gasteiger partial charge in [0.1, 0.15) is 5.82 Å². The maximum Gasteiger partial charge on any atom is 0.134 e. The minimum Gasteiger partial charge on any atom is -0.315 e. The van der Waals surface area contributed by atoms with Crippen LogP contribution in [0.1, 0.15) is 34.1 Å². The topological polar surface area (TPSA) is 37.8 Å². The van der Waals surface area contributed by atoms with Crippen molar-refractivity contribution >= 4 is 0 Å². The number of benzene rings is 1. The SMILES string of the molecule is Cc1cc(-c2cc(C)c(C)cc2C)nc(C2CNC2)n1. The number of aryl methyl sites for hydroxylation is 4. The number of hydrogen-bond donors (Lipinski definition) is 1. The highest BCUT2D eigenvalue weighted by Crippen LogP contribution is 2.27. The quantitative estimate of drug-likeness (QED) is 0.908. The maximum atomic E-state index is 4.81. The van der Waals surface area contributed by atoms with E-state index in [9.17, 15) is 0 Å². The molecule has 0 saturated carbocycles. The molecule has 0 bridgehead atoms. The number of nitrogens with zero attached hydrogens (tertiary/aromatic N) is 2. The summed E-state index contributed by atoms with van der Waals surface area (Å²) in [6.45, 7) is 10.5. The molecule has 3 nitrogen and oxygen atoms in total. The molecule has 2 heterocycles. The monoisotopic (exact) mass is 267 g/mol. The van der Waals surface area contributed by atoms with Crippen LogP contribution in [-0.4, -0.2) is 23.1 Å². The van der Waals surface area contributed by atoms with Crippen LogP contribution in [0.15, 0.2) is 18.2 Å². The fourth-order valence-corrected chi connectivity index (χ4v) is 2.62. The summed E-state index contributed by atoms with van der Waals surface area (Å²) in [4.78, 5) is 9.41. The van der Waals surface area contributed by atoms with Gasteiger partial charge in [0.25, 0.3) is 0 Å². The van der Waals surface area contributed by atoms with E-state index in [0.29, 0.717) is 5.92 Å². The Morgan fingerprint density at radius 1 is 0.900 bits per heavy atom. The lowest BCUT2D eigenvalue weighted by atomic mass is 9.97. The van der Waals surface area contributed by atoms with Crippen molar-refractivity contribution in [1.29, 1.82) is 0 Å². The largest absolute Gasteiger partial charge is 0.315 e. The Balaban J connectivity index is 2.09. The van der Waals surface area contributed by atoms with Gasteiger partial charge < -0.3 is 5.32 Å². The van der Waals surface area contributed by atoms with Crippen LogP contribution in [0.2, 0.25) is 0 Å². The highest BCUT2D eigenvalue weighted by atomic mass is 15.0.